The van der Waals surface area contributed by atoms with Crippen molar-refractivity contribution >= 4 is 5.78 Å². The molecule has 3 nitrogen and oxygen atoms in total. The molecule has 0 aromatic heterocycles. The first kappa shape index (κ1) is 14.6. The van der Waals surface area contributed by atoms with Crippen molar-refractivity contribution in [3.05, 3.63) is 23.8 Å². The smallest absolute Gasteiger partial charge is 0.159 e. The first-order chi connectivity index (χ1) is 10.4. The van der Waals surface area contributed by atoms with Crippen LogP contribution in [0.15, 0.2) is 23.8 Å². The van der Waals surface area contributed by atoms with Gasteiger partial charge >= 0.3 is 0 Å². The first-order valence-electron chi connectivity index (χ1n) is 8.73. The van der Waals surface area contributed by atoms with E-state index in [1.165, 1.54) is 5.57 Å². The Labute approximate surface area is 132 Å². The summed E-state index contributed by atoms with van der Waals surface area (Å²) in [6, 6.07) is 0.0299. The number of hydrogen-bond acceptors (Lipinski definition) is 3. The number of nitrogens with two attached hydrogens (primary N) is 1. The van der Waals surface area contributed by atoms with Crippen LogP contribution >= 0.6 is 0 Å². The Bertz CT molecular complexity index is 580. The third kappa shape index (κ3) is 1.73. The van der Waals surface area contributed by atoms with Crippen LogP contribution in [0.1, 0.15) is 46.0 Å². The molecule has 2 saturated carbocycles. The fourth-order valence-corrected chi connectivity index (χ4v) is 6.16. The van der Waals surface area contributed by atoms with E-state index in [1.807, 2.05) is 0 Å². The van der Waals surface area contributed by atoms with Crippen LogP contribution in [0, 0.1) is 28.6 Å². The minimum absolute atomic E-state index is 0.0106. The molecule has 2 fully saturated rings. The maximum atomic E-state index is 11.8. The van der Waals surface area contributed by atoms with Crippen molar-refractivity contribution in [1.82, 2.24) is 0 Å². The molecule has 3 N–H and O–H groups in total. The lowest BCUT2D eigenvalue weighted by Crippen LogP contribution is -2.56. The second-order valence-corrected chi connectivity index (χ2v) is 8.46. The monoisotopic (exact) mass is 301 g/mol. The molecule has 0 aliphatic heterocycles. The Balaban J connectivity index is 1.78. The van der Waals surface area contributed by atoms with Gasteiger partial charge in [0.15, 0.2) is 5.78 Å². The SMILES string of the molecule is C[C@]12C=CC(=O)CC1=CC(N)[C@@H]1[C@H]2CC[C@]2(C)C(O)CC[C@@H]12. The largest absolute Gasteiger partial charge is 0.393 e. The van der Waals surface area contributed by atoms with Gasteiger partial charge < -0.3 is 10.8 Å². The fraction of sp³-hybridized carbons (Fsp3) is 0.737. The number of aliphatic hydroxyl groups excluding tert-OH is 1. The van der Waals surface area contributed by atoms with Gasteiger partial charge in [-0.25, -0.2) is 0 Å². The molecule has 0 spiro atoms. The molecule has 0 saturated heterocycles. The van der Waals surface area contributed by atoms with Crippen molar-refractivity contribution in [2.45, 2.75) is 58.1 Å². The molecule has 0 heterocycles. The van der Waals surface area contributed by atoms with Gasteiger partial charge in [-0.2, -0.15) is 0 Å². The average Bonchev–Trinajstić information content (AvgIpc) is 2.77. The molecular weight excluding hydrogens is 274 g/mol. The molecule has 0 amide bonds. The maximum Gasteiger partial charge on any atom is 0.159 e. The zero-order valence-electron chi connectivity index (χ0n) is 13.6. The van der Waals surface area contributed by atoms with Gasteiger partial charge in [0.05, 0.1) is 6.10 Å². The number of carbonyl (C=O) groups is 1. The van der Waals surface area contributed by atoms with Crippen LogP contribution < -0.4 is 5.73 Å². The molecule has 120 valence electrons. The molecular formula is C19H27NO2. The summed E-state index contributed by atoms with van der Waals surface area (Å²) in [5.74, 6) is 1.65. The minimum atomic E-state index is -0.174. The lowest BCUT2D eigenvalue weighted by atomic mass is 9.48. The average molecular weight is 301 g/mol. The van der Waals surface area contributed by atoms with Crippen molar-refractivity contribution in [2.75, 3.05) is 0 Å². The zero-order valence-corrected chi connectivity index (χ0v) is 13.6. The van der Waals surface area contributed by atoms with Crippen LogP contribution in [0.2, 0.25) is 0 Å². The lowest BCUT2D eigenvalue weighted by Gasteiger charge is -2.57. The van der Waals surface area contributed by atoms with E-state index in [4.69, 9.17) is 5.73 Å². The molecule has 4 aliphatic rings. The summed E-state index contributed by atoms with van der Waals surface area (Å²) in [5.41, 5.74) is 7.83. The molecule has 0 radical (unpaired) electrons. The van der Waals surface area contributed by atoms with E-state index in [0.717, 1.165) is 25.7 Å². The van der Waals surface area contributed by atoms with Crippen molar-refractivity contribution in [2.24, 2.45) is 34.3 Å². The van der Waals surface area contributed by atoms with Gasteiger partial charge in [-0.3, -0.25) is 4.79 Å². The van der Waals surface area contributed by atoms with Crippen LogP contribution in [0.5, 0.6) is 0 Å². The third-order valence-corrected chi connectivity index (χ3v) is 7.56. The van der Waals surface area contributed by atoms with Crippen molar-refractivity contribution < 1.29 is 9.90 Å². The van der Waals surface area contributed by atoms with Crippen molar-refractivity contribution in [3.63, 3.8) is 0 Å². The normalized spacial score (nSPS) is 53.5. The summed E-state index contributed by atoms with van der Waals surface area (Å²) < 4.78 is 0. The van der Waals surface area contributed by atoms with E-state index in [-0.39, 0.29) is 28.8 Å². The van der Waals surface area contributed by atoms with Gasteiger partial charge in [-0.15, -0.1) is 0 Å². The number of fused-ring (bicyclic) bond motifs is 5. The summed E-state index contributed by atoms with van der Waals surface area (Å²) in [7, 11) is 0. The molecule has 4 aliphatic carbocycles. The Kier molecular flexibility index (Phi) is 3.03. The molecule has 2 unspecified atom stereocenters. The number of carbonyl (C=O) groups excluding carboxylic acids is 1. The van der Waals surface area contributed by atoms with Gasteiger partial charge in [0.25, 0.3) is 0 Å². The summed E-state index contributed by atoms with van der Waals surface area (Å²) in [4.78, 5) is 11.8. The maximum absolute atomic E-state index is 11.8. The summed E-state index contributed by atoms with van der Waals surface area (Å²) in [6.45, 7) is 4.55. The van der Waals surface area contributed by atoms with Crippen LogP contribution in [-0.4, -0.2) is 23.0 Å². The van der Waals surface area contributed by atoms with Gasteiger partial charge in [0, 0.05) is 17.9 Å². The standard InChI is InChI=1S/C19H27NO2/c1-18-7-5-12(21)9-11(18)10-15(20)17-13-3-4-16(22)19(13,2)8-6-14(17)18/h5,7,10,13-17,22H,3-4,6,8-9,20H2,1-2H3/t13-,14+,15?,16?,17-,18-,19-/m0/s1. The zero-order chi connectivity index (χ0) is 15.7. The highest BCUT2D eigenvalue weighted by Crippen LogP contribution is 2.63. The van der Waals surface area contributed by atoms with E-state index >= 15 is 0 Å². The first-order valence-corrected chi connectivity index (χ1v) is 8.73. The highest BCUT2D eigenvalue weighted by Gasteiger charge is 2.59. The molecule has 0 aromatic carbocycles. The summed E-state index contributed by atoms with van der Waals surface area (Å²) >= 11 is 0. The van der Waals surface area contributed by atoms with Gasteiger partial charge in [-0.1, -0.05) is 31.6 Å². The van der Waals surface area contributed by atoms with Crippen molar-refractivity contribution in [3.8, 4) is 0 Å². The van der Waals surface area contributed by atoms with Gasteiger partial charge in [0.2, 0.25) is 0 Å². The van der Waals surface area contributed by atoms with E-state index in [1.54, 1.807) is 6.08 Å². The van der Waals surface area contributed by atoms with Gasteiger partial charge in [-0.05, 0) is 54.9 Å². The number of hydrogen-bond donors (Lipinski definition) is 2. The van der Waals surface area contributed by atoms with Gasteiger partial charge in [0.1, 0.15) is 0 Å². The molecule has 4 rings (SSSR count). The number of aliphatic hydroxyl groups is 1. The molecule has 0 bridgehead atoms. The number of ketones is 1. The topological polar surface area (TPSA) is 63.3 Å². The highest BCUT2D eigenvalue weighted by molar-refractivity contribution is 5.93. The van der Waals surface area contributed by atoms with E-state index in [0.29, 0.717) is 24.2 Å². The Hall–Kier alpha value is -0.930. The Morgan fingerprint density at radius 3 is 2.77 bits per heavy atom. The van der Waals surface area contributed by atoms with Crippen LogP contribution in [0.25, 0.3) is 0 Å². The second-order valence-electron chi connectivity index (χ2n) is 8.46. The predicted molar refractivity (Wildman–Crippen MR) is 86.0 cm³/mol. The van der Waals surface area contributed by atoms with Crippen molar-refractivity contribution in [1.29, 1.82) is 0 Å². The van der Waals surface area contributed by atoms with Crippen LogP contribution in [-0.2, 0) is 4.79 Å². The van der Waals surface area contributed by atoms with Crippen LogP contribution in [0.4, 0.5) is 0 Å². The van der Waals surface area contributed by atoms with E-state index in [9.17, 15) is 9.90 Å². The summed E-state index contributed by atoms with van der Waals surface area (Å²) in [5, 5.41) is 10.5. The molecule has 0 aromatic rings. The molecule has 7 atom stereocenters. The molecule has 22 heavy (non-hydrogen) atoms. The lowest BCUT2D eigenvalue weighted by molar-refractivity contribution is -0.115. The second kappa shape index (κ2) is 4.55. The third-order valence-electron chi connectivity index (χ3n) is 7.56. The fourth-order valence-electron chi connectivity index (χ4n) is 6.16. The Morgan fingerprint density at radius 1 is 1.23 bits per heavy atom. The minimum Gasteiger partial charge on any atom is -0.393 e. The molecule has 3 heteroatoms. The predicted octanol–water partition coefficient (Wildman–Crippen LogP) is 2.59. The summed E-state index contributed by atoms with van der Waals surface area (Å²) in [6.07, 6.45) is 10.7. The van der Waals surface area contributed by atoms with Crippen LogP contribution in [0.3, 0.4) is 0 Å². The highest BCUT2D eigenvalue weighted by atomic mass is 16.3. The quantitative estimate of drug-likeness (QED) is 0.676. The van der Waals surface area contributed by atoms with E-state index < -0.39 is 0 Å². The van der Waals surface area contributed by atoms with E-state index in [2.05, 4.69) is 26.0 Å². The number of rotatable bonds is 0. The number of allylic oxidation sites excluding steroid dienone is 3. The Morgan fingerprint density at radius 2 is 2.00 bits per heavy atom.